The van der Waals surface area contributed by atoms with Crippen LogP contribution in [0.25, 0.3) is 22.2 Å². The normalized spacial score (nSPS) is 19.0. The standard InChI is InChI=1S/C24H27N7O/c1-4-19(32)31-13-24(14-31)8-10-30(12-24)23-26-21(16-7-9-29(3)22(16)27-23)20-15(2)5-6-18-17(20)11-25-28-18/h4-6,11H,1,7-10,12-14H2,2-3H3,(H,25,28). The fraction of sp³-hybridized carbons (Fsp3) is 0.417. The number of likely N-dealkylation sites (N-methyl/N-ethyl adjacent to an activating group) is 1. The van der Waals surface area contributed by atoms with E-state index in [1.807, 2.05) is 11.1 Å². The topological polar surface area (TPSA) is 81.2 Å². The van der Waals surface area contributed by atoms with Crippen molar-refractivity contribution in [2.45, 2.75) is 19.8 Å². The fourth-order valence-electron chi connectivity index (χ4n) is 5.59. The Labute approximate surface area is 186 Å². The van der Waals surface area contributed by atoms with Crippen molar-refractivity contribution in [2.75, 3.05) is 49.6 Å². The number of anilines is 2. The maximum Gasteiger partial charge on any atom is 0.245 e. The van der Waals surface area contributed by atoms with E-state index < -0.39 is 0 Å². The first-order chi connectivity index (χ1) is 15.5. The van der Waals surface area contributed by atoms with E-state index >= 15 is 0 Å². The van der Waals surface area contributed by atoms with E-state index in [9.17, 15) is 4.79 Å². The number of hydrogen-bond acceptors (Lipinski definition) is 6. The van der Waals surface area contributed by atoms with Gasteiger partial charge in [-0.2, -0.15) is 10.1 Å². The summed E-state index contributed by atoms with van der Waals surface area (Å²) in [7, 11) is 2.11. The minimum atomic E-state index is 0.0236. The fourth-order valence-corrected chi connectivity index (χ4v) is 5.59. The van der Waals surface area contributed by atoms with Crippen molar-refractivity contribution in [1.82, 2.24) is 25.1 Å². The third kappa shape index (κ3) is 2.75. The van der Waals surface area contributed by atoms with Crippen molar-refractivity contribution < 1.29 is 4.79 Å². The Kier molecular flexibility index (Phi) is 4.09. The lowest BCUT2D eigenvalue weighted by Gasteiger charge is -2.47. The van der Waals surface area contributed by atoms with Crippen LogP contribution in [0, 0.1) is 12.3 Å². The van der Waals surface area contributed by atoms with Gasteiger partial charge in [-0.3, -0.25) is 9.89 Å². The van der Waals surface area contributed by atoms with Gasteiger partial charge in [0.1, 0.15) is 5.82 Å². The molecule has 5 heterocycles. The third-order valence-corrected chi connectivity index (χ3v) is 7.36. The molecule has 32 heavy (non-hydrogen) atoms. The van der Waals surface area contributed by atoms with Gasteiger partial charge < -0.3 is 14.7 Å². The second-order valence-electron chi connectivity index (χ2n) is 9.50. The van der Waals surface area contributed by atoms with Crippen molar-refractivity contribution in [1.29, 1.82) is 0 Å². The van der Waals surface area contributed by atoms with Gasteiger partial charge in [0.25, 0.3) is 0 Å². The Morgan fingerprint density at radius 1 is 1.22 bits per heavy atom. The molecule has 0 radical (unpaired) electrons. The molecule has 3 aliphatic rings. The van der Waals surface area contributed by atoms with E-state index in [1.165, 1.54) is 17.2 Å². The van der Waals surface area contributed by atoms with Crippen molar-refractivity contribution in [3.8, 4) is 11.3 Å². The molecule has 2 saturated heterocycles. The van der Waals surface area contributed by atoms with Gasteiger partial charge in [-0.25, -0.2) is 4.98 Å². The second kappa shape index (κ2) is 6.79. The van der Waals surface area contributed by atoms with Crippen LogP contribution >= 0.6 is 0 Å². The maximum atomic E-state index is 11.9. The summed E-state index contributed by atoms with van der Waals surface area (Å²) >= 11 is 0. The van der Waals surface area contributed by atoms with E-state index in [4.69, 9.17) is 9.97 Å². The van der Waals surface area contributed by atoms with Gasteiger partial charge in [-0.15, -0.1) is 0 Å². The van der Waals surface area contributed by atoms with E-state index in [0.717, 1.165) is 79.5 Å². The second-order valence-corrected chi connectivity index (χ2v) is 9.50. The predicted octanol–water partition coefficient (Wildman–Crippen LogP) is 2.55. The van der Waals surface area contributed by atoms with Crippen LogP contribution in [-0.4, -0.2) is 70.7 Å². The average molecular weight is 430 g/mol. The molecule has 0 unspecified atom stereocenters. The van der Waals surface area contributed by atoms with Crippen LogP contribution in [0.3, 0.4) is 0 Å². The Morgan fingerprint density at radius 3 is 2.88 bits per heavy atom. The molecule has 6 rings (SSSR count). The summed E-state index contributed by atoms with van der Waals surface area (Å²) in [6, 6.07) is 4.21. The van der Waals surface area contributed by atoms with Crippen molar-refractivity contribution >= 4 is 28.6 Å². The molecule has 8 nitrogen and oxygen atoms in total. The number of hydrogen-bond donors (Lipinski definition) is 1. The molecule has 3 aliphatic heterocycles. The molecule has 164 valence electrons. The van der Waals surface area contributed by atoms with Gasteiger partial charge in [0.05, 0.1) is 17.4 Å². The van der Waals surface area contributed by atoms with Gasteiger partial charge in [-0.1, -0.05) is 12.6 Å². The van der Waals surface area contributed by atoms with Crippen LogP contribution in [0.2, 0.25) is 0 Å². The molecule has 1 N–H and O–H groups in total. The van der Waals surface area contributed by atoms with Gasteiger partial charge in [0.15, 0.2) is 0 Å². The predicted molar refractivity (Wildman–Crippen MR) is 125 cm³/mol. The third-order valence-electron chi connectivity index (χ3n) is 7.36. The highest BCUT2D eigenvalue weighted by molar-refractivity contribution is 5.97. The lowest BCUT2D eigenvalue weighted by molar-refractivity contribution is -0.136. The molecule has 0 saturated carbocycles. The molecule has 2 fully saturated rings. The number of benzene rings is 1. The van der Waals surface area contributed by atoms with Crippen molar-refractivity contribution in [2.24, 2.45) is 5.41 Å². The summed E-state index contributed by atoms with van der Waals surface area (Å²) in [6.45, 7) is 10.1. The monoisotopic (exact) mass is 429 g/mol. The first-order valence-electron chi connectivity index (χ1n) is 11.2. The molecule has 8 heteroatoms. The molecule has 0 atom stereocenters. The Morgan fingerprint density at radius 2 is 2.06 bits per heavy atom. The zero-order valence-electron chi connectivity index (χ0n) is 18.6. The van der Waals surface area contributed by atoms with E-state index in [0.29, 0.717) is 0 Å². The lowest BCUT2D eigenvalue weighted by Crippen LogP contribution is -2.59. The molecule has 0 bridgehead atoms. The van der Waals surface area contributed by atoms with Gasteiger partial charge in [0, 0.05) is 61.7 Å². The number of rotatable bonds is 3. The highest BCUT2D eigenvalue weighted by atomic mass is 16.2. The van der Waals surface area contributed by atoms with Crippen LogP contribution in [0.15, 0.2) is 31.0 Å². The summed E-state index contributed by atoms with van der Waals surface area (Å²) in [4.78, 5) is 28.5. The summed E-state index contributed by atoms with van der Waals surface area (Å²) in [5.74, 6) is 1.84. The highest BCUT2D eigenvalue weighted by Gasteiger charge is 2.49. The number of aromatic nitrogens is 4. The zero-order chi connectivity index (χ0) is 22.0. The molecular formula is C24H27N7O. The molecule has 2 aromatic heterocycles. The SMILES string of the molecule is C=CC(=O)N1CC2(CCN(c3nc(-c4c(C)ccc5[nH]ncc45)c4c(n3)N(C)CC4)C2)C1. The first-order valence-corrected chi connectivity index (χ1v) is 11.2. The van der Waals surface area contributed by atoms with Crippen LogP contribution in [-0.2, 0) is 11.2 Å². The number of H-pyrrole nitrogens is 1. The minimum Gasteiger partial charge on any atom is -0.359 e. The summed E-state index contributed by atoms with van der Waals surface area (Å²) in [6.07, 6.45) is 5.30. The summed E-state index contributed by atoms with van der Waals surface area (Å²) in [5.41, 5.74) is 5.74. The zero-order valence-corrected chi connectivity index (χ0v) is 18.6. The van der Waals surface area contributed by atoms with E-state index in [2.05, 4.69) is 52.7 Å². The largest absolute Gasteiger partial charge is 0.359 e. The number of aryl methyl sites for hydroxylation is 1. The van der Waals surface area contributed by atoms with E-state index in [1.54, 1.807) is 0 Å². The Hall–Kier alpha value is -3.42. The number of carbonyl (C=O) groups is 1. The molecule has 3 aromatic rings. The van der Waals surface area contributed by atoms with Crippen LogP contribution in [0.1, 0.15) is 17.5 Å². The highest BCUT2D eigenvalue weighted by Crippen LogP contribution is 2.43. The van der Waals surface area contributed by atoms with Gasteiger partial charge in [-0.05, 0) is 37.5 Å². The Balaban J connectivity index is 1.40. The Bertz CT molecular complexity index is 1260. The number of fused-ring (bicyclic) bond motifs is 2. The molecular weight excluding hydrogens is 402 g/mol. The summed E-state index contributed by atoms with van der Waals surface area (Å²) < 4.78 is 0. The van der Waals surface area contributed by atoms with Crippen molar-refractivity contribution in [3.63, 3.8) is 0 Å². The smallest absolute Gasteiger partial charge is 0.245 e. The van der Waals surface area contributed by atoms with E-state index in [-0.39, 0.29) is 11.3 Å². The quantitative estimate of drug-likeness (QED) is 0.645. The van der Waals surface area contributed by atoms with Crippen molar-refractivity contribution in [3.05, 3.63) is 42.1 Å². The lowest BCUT2D eigenvalue weighted by atomic mass is 9.79. The maximum absolute atomic E-state index is 11.9. The number of aromatic amines is 1. The number of nitrogens with one attached hydrogen (secondary N) is 1. The first kappa shape index (κ1) is 19.3. The number of amides is 1. The van der Waals surface area contributed by atoms with Gasteiger partial charge >= 0.3 is 0 Å². The molecule has 1 amide bonds. The number of likely N-dealkylation sites (tertiary alicyclic amines) is 1. The number of nitrogens with zero attached hydrogens (tertiary/aromatic N) is 6. The average Bonchev–Trinajstić information content (AvgIpc) is 3.50. The molecule has 0 aliphatic carbocycles. The summed E-state index contributed by atoms with van der Waals surface area (Å²) in [5, 5.41) is 8.47. The molecule has 1 spiro atoms. The van der Waals surface area contributed by atoms with Gasteiger partial charge in [0.2, 0.25) is 11.9 Å². The number of carbonyl (C=O) groups excluding carboxylic acids is 1. The minimum absolute atomic E-state index is 0.0236. The van der Waals surface area contributed by atoms with Crippen LogP contribution < -0.4 is 9.80 Å². The van der Waals surface area contributed by atoms with Crippen LogP contribution in [0.4, 0.5) is 11.8 Å². The van der Waals surface area contributed by atoms with Crippen LogP contribution in [0.5, 0.6) is 0 Å². The molecule has 1 aromatic carbocycles.